The monoisotopic (exact) mass is 290 g/mol. The molecule has 3 N–H and O–H groups in total. The number of nitrogens with two attached hydrogens (primary N) is 1. The molecule has 110 valence electrons. The van der Waals surface area contributed by atoms with Crippen LogP contribution in [-0.4, -0.2) is 5.91 Å². The van der Waals surface area contributed by atoms with E-state index in [0.717, 1.165) is 17.7 Å². The largest absolute Gasteiger partial charge is 0.399 e. The van der Waals surface area contributed by atoms with Crippen LogP contribution in [0.15, 0.2) is 42.5 Å². The molecule has 21 heavy (non-hydrogen) atoms. The van der Waals surface area contributed by atoms with Gasteiger partial charge in [-0.15, -0.1) is 0 Å². The third-order valence-electron chi connectivity index (χ3n) is 3.07. The number of aryl methyl sites for hydroxylation is 1. The molecule has 0 fully saturated rings. The number of carbonyl (C=O) groups excluding carboxylic acids is 1. The van der Waals surface area contributed by atoms with Crippen molar-refractivity contribution in [2.75, 3.05) is 5.73 Å². The van der Waals surface area contributed by atoms with Crippen LogP contribution >= 0.6 is 0 Å². The van der Waals surface area contributed by atoms with Gasteiger partial charge in [0.2, 0.25) is 5.91 Å². The Balaban J connectivity index is 1.80. The predicted molar refractivity (Wildman–Crippen MR) is 77.4 cm³/mol. The molecule has 0 atom stereocenters. The van der Waals surface area contributed by atoms with Gasteiger partial charge in [-0.2, -0.15) is 0 Å². The van der Waals surface area contributed by atoms with Gasteiger partial charge in [0.15, 0.2) is 11.6 Å². The second-order valence-electron chi connectivity index (χ2n) is 4.77. The summed E-state index contributed by atoms with van der Waals surface area (Å²) in [6.07, 6.45) is 0.891. The second-order valence-corrected chi connectivity index (χ2v) is 4.77. The summed E-state index contributed by atoms with van der Waals surface area (Å²) in [6, 6.07) is 10.9. The van der Waals surface area contributed by atoms with E-state index in [1.807, 2.05) is 18.2 Å². The Morgan fingerprint density at radius 2 is 1.86 bits per heavy atom. The highest BCUT2D eigenvalue weighted by molar-refractivity contribution is 5.76. The number of hydrogen-bond acceptors (Lipinski definition) is 2. The highest BCUT2D eigenvalue weighted by Gasteiger charge is 2.05. The Kier molecular flexibility index (Phi) is 4.87. The van der Waals surface area contributed by atoms with E-state index in [0.29, 0.717) is 24.1 Å². The maximum atomic E-state index is 13.0. The third-order valence-corrected chi connectivity index (χ3v) is 3.07. The first-order chi connectivity index (χ1) is 10.0. The molecule has 0 aliphatic rings. The number of hydrogen-bond donors (Lipinski definition) is 2. The van der Waals surface area contributed by atoms with Crippen molar-refractivity contribution >= 4 is 11.6 Å². The number of carbonyl (C=O) groups is 1. The molecular formula is C16H16F2N2O. The lowest BCUT2D eigenvalue weighted by Gasteiger charge is -2.06. The van der Waals surface area contributed by atoms with E-state index in [1.54, 1.807) is 6.07 Å². The molecular weight excluding hydrogens is 274 g/mol. The zero-order valence-corrected chi connectivity index (χ0v) is 11.4. The molecule has 0 aliphatic carbocycles. The van der Waals surface area contributed by atoms with Gasteiger partial charge in [0.05, 0.1) is 0 Å². The van der Waals surface area contributed by atoms with Crippen LogP contribution in [0.2, 0.25) is 0 Å². The smallest absolute Gasteiger partial charge is 0.220 e. The van der Waals surface area contributed by atoms with Crippen LogP contribution in [0, 0.1) is 11.6 Å². The summed E-state index contributed by atoms with van der Waals surface area (Å²) >= 11 is 0. The number of rotatable bonds is 5. The Labute approximate surface area is 121 Å². The molecule has 0 unspecified atom stereocenters. The molecule has 0 saturated heterocycles. The summed E-state index contributed by atoms with van der Waals surface area (Å²) in [5.74, 6) is -1.96. The van der Waals surface area contributed by atoms with Gasteiger partial charge < -0.3 is 11.1 Å². The third kappa shape index (κ3) is 4.56. The van der Waals surface area contributed by atoms with Gasteiger partial charge >= 0.3 is 0 Å². The molecule has 0 saturated carbocycles. The summed E-state index contributed by atoms with van der Waals surface area (Å²) in [6.45, 7) is 0.174. The van der Waals surface area contributed by atoms with Crippen molar-refractivity contribution in [1.82, 2.24) is 5.32 Å². The first-order valence-corrected chi connectivity index (χ1v) is 6.59. The van der Waals surface area contributed by atoms with E-state index in [1.165, 1.54) is 6.07 Å². The van der Waals surface area contributed by atoms with Crippen LogP contribution in [0.3, 0.4) is 0 Å². The van der Waals surface area contributed by atoms with Gasteiger partial charge in [0.1, 0.15) is 0 Å². The van der Waals surface area contributed by atoms with Crippen molar-refractivity contribution in [2.45, 2.75) is 19.4 Å². The van der Waals surface area contributed by atoms with Gasteiger partial charge in [-0.3, -0.25) is 4.79 Å². The van der Waals surface area contributed by atoms with Crippen molar-refractivity contribution < 1.29 is 13.6 Å². The van der Waals surface area contributed by atoms with Gasteiger partial charge in [0, 0.05) is 18.7 Å². The van der Waals surface area contributed by atoms with E-state index in [-0.39, 0.29) is 12.5 Å². The fraction of sp³-hybridized carbons (Fsp3) is 0.188. The molecule has 2 aromatic rings. The molecule has 1 amide bonds. The van der Waals surface area contributed by atoms with Crippen molar-refractivity contribution in [3.8, 4) is 0 Å². The SMILES string of the molecule is Nc1cccc(CCC(=O)NCc2ccc(F)c(F)c2)c1. The molecule has 0 spiro atoms. The molecule has 0 aromatic heterocycles. The average molecular weight is 290 g/mol. The highest BCUT2D eigenvalue weighted by atomic mass is 19.2. The number of amides is 1. The lowest BCUT2D eigenvalue weighted by Crippen LogP contribution is -2.23. The molecule has 3 nitrogen and oxygen atoms in total. The van der Waals surface area contributed by atoms with Crippen LogP contribution in [0.5, 0.6) is 0 Å². The number of halogens is 2. The topological polar surface area (TPSA) is 55.1 Å². The van der Waals surface area contributed by atoms with E-state index in [4.69, 9.17) is 5.73 Å². The highest BCUT2D eigenvalue weighted by Crippen LogP contribution is 2.10. The molecule has 0 radical (unpaired) electrons. The van der Waals surface area contributed by atoms with Crippen molar-refractivity contribution in [2.24, 2.45) is 0 Å². The van der Waals surface area contributed by atoms with Crippen molar-refractivity contribution in [3.05, 3.63) is 65.2 Å². The first kappa shape index (κ1) is 15.0. The summed E-state index contributed by atoms with van der Waals surface area (Å²) in [4.78, 5) is 11.7. The lowest BCUT2D eigenvalue weighted by molar-refractivity contribution is -0.121. The summed E-state index contributed by atoms with van der Waals surface area (Å²) < 4.78 is 25.8. The normalized spacial score (nSPS) is 10.4. The summed E-state index contributed by atoms with van der Waals surface area (Å²) in [5, 5.41) is 2.67. The van der Waals surface area contributed by atoms with Crippen molar-refractivity contribution in [3.63, 3.8) is 0 Å². The van der Waals surface area contributed by atoms with Crippen LogP contribution in [0.1, 0.15) is 17.5 Å². The number of nitrogen functional groups attached to an aromatic ring is 1. The minimum Gasteiger partial charge on any atom is -0.399 e. The van der Waals surface area contributed by atoms with Crippen molar-refractivity contribution in [1.29, 1.82) is 0 Å². The van der Waals surface area contributed by atoms with Gasteiger partial charge in [-0.1, -0.05) is 18.2 Å². The minimum atomic E-state index is -0.915. The molecule has 0 heterocycles. The van der Waals surface area contributed by atoms with Gasteiger partial charge in [-0.25, -0.2) is 8.78 Å². The summed E-state index contributed by atoms with van der Waals surface area (Å²) in [5.41, 5.74) is 7.82. The zero-order valence-electron chi connectivity index (χ0n) is 11.4. The van der Waals surface area contributed by atoms with E-state index in [9.17, 15) is 13.6 Å². The molecule has 0 bridgehead atoms. The maximum Gasteiger partial charge on any atom is 0.220 e. The lowest BCUT2D eigenvalue weighted by atomic mass is 10.1. The van der Waals surface area contributed by atoms with E-state index in [2.05, 4.69) is 5.32 Å². The first-order valence-electron chi connectivity index (χ1n) is 6.59. The number of anilines is 1. The van der Waals surface area contributed by atoms with Crippen LogP contribution in [0.4, 0.5) is 14.5 Å². The van der Waals surface area contributed by atoms with Crippen LogP contribution in [0.25, 0.3) is 0 Å². The van der Waals surface area contributed by atoms with E-state index < -0.39 is 11.6 Å². The van der Waals surface area contributed by atoms with Gasteiger partial charge in [0.25, 0.3) is 0 Å². The second kappa shape index (κ2) is 6.83. The zero-order chi connectivity index (χ0) is 15.2. The predicted octanol–water partition coefficient (Wildman–Crippen LogP) is 2.80. The Morgan fingerprint density at radius 1 is 1.05 bits per heavy atom. The number of benzene rings is 2. The van der Waals surface area contributed by atoms with E-state index >= 15 is 0 Å². The summed E-state index contributed by atoms with van der Waals surface area (Å²) in [7, 11) is 0. The molecule has 2 rings (SSSR count). The van der Waals surface area contributed by atoms with Crippen LogP contribution < -0.4 is 11.1 Å². The number of nitrogens with one attached hydrogen (secondary N) is 1. The minimum absolute atomic E-state index is 0.151. The molecule has 5 heteroatoms. The quantitative estimate of drug-likeness (QED) is 0.832. The molecule has 0 aliphatic heterocycles. The fourth-order valence-electron chi connectivity index (χ4n) is 1.95. The standard InChI is InChI=1S/C16H16F2N2O/c17-14-6-4-12(9-15(14)18)10-20-16(21)7-5-11-2-1-3-13(19)8-11/h1-4,6,8-9H,5,7,10,19H2,(H,20,21). The van der Waals surface area contributed by atoms with Gasteiger partial charge in [-0.05, 0) is 41.8 Å². The average Bonchev–Trinajstić information content (AvgIpc) is 2.46. The molecule has 2 aromatic carbocycles. The van der Waals surface area contributed by atoms with Crippen LogP contribution in [-0.2, 0) is 17.8 Å². The Bertz CT molecular complexity index is 644. The maximum absolute atomic E-state index is 13.0. The fourth-order valence-corrected chi connectivity index (χ4v) is 1.95. The Hall–Kier alpha value is -2.43. The Morgan fingerprint density at radius 3 is 2.57 bits per heavy atom.